The Bertz CT molecular complexity index is 296. The Hall–Kier alpha value is -0.610. The van der Waals surface area contributed by atoms with Gasteiger partial charge in [0, 0.05) is 25.1 Å². The van der Waals surface area contributed by atoms with Crippen molar-refractivity contribution in [2.45, 2.75) is 63.6 Å². The Morgan fingerprint density at radius 1 is 1.22 bits per heavy atom. The fourth-order valence-electron chi connectivity index (χ4n) is 3.20. The van der Waals surface area contributed by atoms with Gasteiger partial charge in [0.25, 0.3) is 0 Å². The highest BCUT2D eigenvalue weighted by atomic mass is 16.5. The molecular weight excluding hydrogens is 228 g/mol. The molecule has 2 aliphatic carbocycles. The van der Waals surface area contributed by atoms with E-state index in [4.69, 9.17) is 10.5 Å². The van der Waals surface area contributed by atoms with Gasteiger partial charge in [0.05, 0.1) is 6.10 Å². The summed E-state index contributed by atoms with van der Waals surface area (Å²) < 4.78 is 5.33. The molecule has 2 rings (SSSR count). The first-order valence-corrected chi connectivity index (χ1v) is 7.19. The Balaban J connectivity index is 1.78. The van der Waals surface area contributed by atoms with E-state index in [-0.39, 0.29) is 17.9 Å². The van der Waals surface area contributed by atoms with Crippen molar-refractivity contribution in [2.24, 2.45) is 17.6 Å². The summed E-state index contributed by atoms with van der Waals surface area (Å²) in [6.45, 7) is 2.18. The van der Waals surface area contributed by atoms with Crippen molar-refractivity contribution in [3.63, 3.8) is 0 Å². The Morgan fingerprint density at radius 3 is 2.61 bits per heavy atom. The molecule has 0 aromatic rings. The molecule has 0 spiro atoms. The van der Waals surface area contributed by atoms with Crippen molar-refractivity contribution in [2.75, 3.05) is 7.11 Å². The summed E-state index contributed by atoms with van der Waals surface area (Å²) in [5, 5.41) is 3.17. The fraction of sp³-hybridized carbons (Fsp3) is 0.929. The van der Waals surface area contributed by atoms with Crippen molar-refractivity contribution in [3.8, 4) is 0 Å². The topological polar surface area (TPSA) is 64.3 Å². The van der Waals surface area contributed by atoms with E-state index in [1.165, 1.54) is 0 Å². The highest BCUT2D eigenvalue weighted by Gasteiger charge is 2.32. The van der Waals surface area contributed by atoms with Gasteiger partial charge in [0.15, 0.2) is 0 Å². The molecule has 0 radical (unpaired) electrons. The maximum absolute atomic E-state index is 12.2. The van der Waals surface area contributed by atoms with Crippen LogP contribution in [0.1, 0.15) is 45.4 Å². The third-order valence-corrected chi connectivity index (χ3v) is 4.69. The number of amides is 1. The number of nitrogens with two attached hydrogens (primary N) is 1. The number of methoxy groups -OCH3 is 1. The van der Waals surface area contributed by atoms with Crippen molar-refractivity contribution >= 4 is 5.91 Å². The number of hydrogen-bond acceptors (Lipinski definition) is 3. The van der Waals surface area contributed by atoms with Gasteiger partial charge in [-0.2, -0.15) is 0 Å². The predicted molar refractivity (Wildman–Crippen MR) is 71.1 cm³/mol. The zero-order valence-electron chi connectivity index (χ0n) is 11.5. The van der Waals surface area contributed by atoms with Crippen LogP contribution in [0, 0.1) is 11.8 Å². The minimum absolute atomic E-state index is 0.123. The molecule has 2 fully saturated rings. The second-order valence-corrected chi connectivity index (χ2v) is 6.03. The lowest BCUT2D eigenvalue weighted by Gasteiger charge is -2.31. The first-order chi connectivity index (χ1) is 8.60. The van der Waals surface area contributed by atoms with E-state index in [0.29, 0.717) is 18.1 Å². The van der Waals surface area contributed by atoms with Crippen LogP contribution < -0.4 is 11.1 Å². The van der Waals surface area contributed by atoms with Crippen molar-refractivity contribution < 1.29 is 9.53 Å². The molecule has 0 aromatic heterocycles. The lowest BCUT2D eigenvalue weighted by atomic mass is 9.79. The van der Waals surface area contributed by atoms with Gasteiger partial charge in [-0.3, -0.25) is 4.79 Å². The summed E-state index contributed by atoms with van der Waals surface area (Å²) in [6, 6.07) is 0.489. The van der Waals surface area contributed by atoms with Crippen LogP contribution in [0.5, 0.6) is 0 Å². The first kappa shape index (κ1) is 13.8. The van der Waals surface area contributed by atoms with Crippen LogP contribution >= 0.6 is 0 Å². The van der Waals surface area contributed by atoms with Crippen LogP contribution in [-0.4, -0.2) is 31.2 Å². The molecule has 2 aliphatic rings. The van der Waals surface area contributed by atoms with Crippen molar-refractivity contribution in [1.82, 2.24) is 5.32 Å². The summed E-state index contributed by atoms with van der Waals surface area (Å²) in [4.78, 5) is 12.2. The molecule has 0 bridgehead atoms. The Kier molecular flexibility index (Phi) is 4.62. The smallest absolute Gasteiger partial charge is 0.223 e. The minimum Gasteiger partial charge on any atom is -0.381 e. The van der Waals surface area contributed by atoms with E-state index in [9.17, 15) is 4.79 Å². The second-order valence-electron chi connectivity index (χ2n) is 6.03. The number of ether oxygens (including phenoxy) is 1. The van der Waals surface area contributed by atoms with Gasteiger partial charge < -0.3 is 15.8 Å². The number of carbonyl (C=O) groups is 1. The summed E-state index contributed by atoms with van der Waals surface area (Å²) in [5.74, 6) is 0.885. The first-order valence-electron chi connectivity index (χ1n) is 7.19. The summed E-state index contributed by atoms with van der Waals surface area (Å²) in [7, 11) is 1.75. The van der Waals surface area contributed by atoms with Gasteiger partial charge in [-0.25, -0.2) is 0 Å². The van der Waals surface area contributed by atoms with Gasteiger partial charge >= 0.3 is 0 Å². The largest absolute Gasteiger partial charge is 0.381 e. The standard InChI is InChI=1S/C14H26N2O2/c1-9-3-4-10(7-13(9)15)14(17)16-11-5-6-12(8-11)18-2/h9-13H,3-8,15H2,1-2H3,(H,16,17). The third-order valence-electron chi connectivity index (χ3n) is 4.69. The number of nitrogens with one attached hydrogen (secondary N) is 1. The van der Waals surface area contributed by atoms with Crippen LogP contribution in [-0.2, 0) is 9.53 Å². The van der Waals surface area contributed by atoms with Gasteiger partial charge in [0.2, 0.25) is 5.91 Å². The minimum atomic E-state index is 0.123. The summed E-state index contributed by atoms with van der Waals surface area (Å²) in [5.41, 5.74) is 6.06. The van der Waals surface area contributed by atoms with E-state index in [0.717, 1.165) is 38.5 Å². The van der Waals surface area contributed by atoms with E-state index < -0.39 is 0 Å². The molecule has 4 heteroatoms. The van der Waals surface area contributed by atoms with E-state index >= 15 is 0 Å². The molecule has 3 N–H and O–H groups in total. The molecule has 4 nitrogen and oxygen atoms in total. The van der Waals surface area contributed by atoms with Gasteiger partial charge in [0.1, 0.15) is 0 Å². The van der Waals surface area contributed by atoms with Gasteiger partial charge in [-0.05, 0) is 44.4 Å². The van der Waals surface area contributed by atoms with Crippen LogP contribution in [0.4, 0.5) is 0 Å². The van der Waals surface area contributed by atoms with E-state index in [1.807, 2.05) is 0 Å². The molecule has 5 unspecified atom stereocenters. The summed E-state index contributed by atoms with van der Waals surface area (Å²) >= 11 is 0. The quantitative estimate of drug-likeness (QED) is 0.801. The Labute approximate surface area is 110 Å². The molecular formula is C14H26N2O2. The predicted octanol–water partition coefficient (Wildman–Crippen LogP) is 1.43. The summed E-state index contributed by atoms with van der Waals surface area (Å²) in [6.07, 6.45) is 6.28. The third kappa shape index (κ3) is 3.23. The van der Waals surface area contributed by atoms with Crippen molar-refractivity contribution in [1.29, 1.82) is 0 Å². The molecule has 5 atom stereocenters. The average molecular weight is 254 g/mol. The van der Waals surface area contributed by atoms with Crippen LogP contribution in [0.3, 0.4) is 0 Å². The molecule has 0 heterocycles. The zero-order valence-corrected chi connectivity index (χ0v) is 11.5. The van der Waals surface area contributed by atoms with Crippen LogP contribution in [0.25, 0.3) is 0 Å². The fourth-order valence-corrected chi connectivity index (χ4v) is 3.20. The Morgan fingerprint density at radius 2 is 2.00 bits per heavy atom. The highest BCUT2D eigenvalue weighted by Crippen LogP contribution is 2.29. The molecule has 18 heavy (non-hydrogen) atoms. The lowest BCUT2D eigenvalue weighted by molar-refractivity contribution is -0.127. The molecule has 0 saturated heterocycles. The van der Waals surface area contributed by atoms with Gasteiger partial charge in [-0.1, -0.05) is 6.92 Å². The monoisotopic (exact) mass is 254 g/mol. The maximum atomic E-state index is 12.2. The number of hydrogen-bond donors (Lipinski definition) is 2. The number of carbonyl (C=O) groups excluding carboxylic acids is 1. The van der Waals surface area contributed by atoms with Crippen molar-refractivity contribution in [3.05, 3.63) is 0 Å². The SMILES string of the molecule is COC1CCC(NC(=O)C2CCC(C)C(N)C2)C1. The molecule has 1 amide bonds. The molecule has 0 aliphatic heterocycles. The molecule has 2 saturated carbocycles. The van der Waals surface area contributed by atoms with E-state index in [2.05, 4.69) is 12.2 Å². The van der Waals surface area contributed by atoms with E-state index in [1.54, 1.807) is 7.11 Å². The molecule has 104 valence electrons. The average Bonchev–Trinajstić information content (AvgIpc) is 2.80. The second kappa shape index (κ2) is 6.02. The van der Waals surface area contributed by atoms with Crippen LogP contribution in [0.15, 0.2) is 0 Å². The molecule has 0 aromatic carbocycles. The van der Waals surface area contributed by atoms with Gasteiger partial charge in [-0.15, -0.1) is 0 Å². The zero-order chi connectivity index (χ0) is 13.1. The maximum Gasteiger partial charge on any atom is 0.223 e. The highest BCUT2D eigenvalue weighted by molar-refractivity contribution is 5.79. The number of rotatable bonds is 3. The van der Waals surface area contributed by atoms with Crippen LogP contribution in [0.2, 0.25) is 0 Å². The normalized spacial score (nSPS) is 40.7. The lowest BCUT2D eigenvalue weighted by Crippen LogP contribution is -2.44.